The summed E-state index contributed by atoms with van der Waals surface area (Å²) in [6.45, 7) is 0. The fourth-order valence-electron chi connectivity index (χ4n) is 1.57. The van der Waals surface area contributed by atoms with E-state index in [-0.39, 0.29) is 5.91 Å². The smallest absolute Gasteiger partial charge is 0.263 e. The fraction of sp³-hybridized carbons (Fsp3) is 0.167. The van der Waals surface area contributed by atoms with Gasteiger partial charge in [0.25, 0.3) is 5.91 Å². The minimum atomic E-state index is -0.159. The summed E-state index contributed by atoms with van der Waals surface area (Å²) in [6.07, 6.45) is 1.79. The summed E-state index contributed by atoms with van der Waals surface area (Å²) in [5.41, 5.74) is 1.79. The highest BCUT2D eigenvalue weighted by Gasteiger charge is 2.21. The molecule has 1 heterocycles. The second kappa shape index (κ2) is 5.73. The summed E-state index contributed by atoms with van der Waals surface area (Å²) in [5.74, 6) is 0.942. The van der Waals surface area contributed by atoms with Crippen molar-refractivity contribution in [2.75, 3.05) is 7.11 Å². The molecule has 1 fully saturated rings. The molecule has 0 spiro atoms. The van der Waals surface area contributed by atoms with Crippen LogP contribution >= 0.6 is 35.6 Å². The van der Waals surface area contributed by atoms with Gasteiger partial charge >= 0.3 is 0 Å². The van der Waals surface area contributed by atoms with Crippen LogP contribution in [0.1, 0.15) is 11.1 Å². The van der Waals surface area contributed by atoms with Crippen LogP contribution in [0.4, 0.5) is 0 Å². The largest absolute Gasteiger partial charge is 0.496 e. The highest BCUT2D eigenvalue weighted by atomic mass is 35.5. The van der Waals surface area contributed by atoms with Crippen molar-refractivity contribution in [1.82, 2.24) is 5.32 Å². The number of thioether (sulfide) groups is 1. The van der Waals surface area contributed by atoms with Crippen molar-refractivity contribution in [3.05, 3.63) is 34.2 Å². The number of rotatable bonds is 3. The van der Waals surface area contributed by atoms with Gasteiger partial charge in [-0.15, -0.1) is 11.6 Å². The molecule has 0 atom stereocenters. The van der Waals surface area contributed by atoms with Gasteiger partial charge in [-0.1, -0.05) is 30.0 Å². The number of ether oxygens (including phenoxy) is 1. The average molecular weight is 300 g/mol. The highest BCUT2D eigenvalue weighted by molar-refractivity contribution is 8.26. The monoisotopic (exact) mass is 299 g/mol. The van der Waals surface area contributed by atoms with Gasteiger partial charge in [-0.25, -0.2) is 0 Å². The Morgan fingerprint density at radius 1 is 1.56 bits per heavy atom. The molecule has 2 rings (SSSR count). The molecule has 1 saturated heterocycles. The third-order valence-corrected chi connectivity index (χ3v) is 3.84. The Bertz CT molecular complexity index is 543. The summed E-state index contributed by atoms with van der Waals surface area (Å²) in [6, 6.07) is 5.60. The predicted molar refractivity (Wildman–Crippen MR) is 78.9 cm³/mol. The lowest BCUT2D eigenvalue weighted by Gasteiger charge is -2.06. The number of nitrogens with one attached hydrogen (secondary N) is 1. The molecule has 0 aliphatic carbocycles. The molecule has 0 aromatic heterocycles. The lowest BCUT2D eigenvalue weighted by Crippen LogP contribution is -2.17. The van der Waals surface area contributed by atoms with E-state index in [1.165, 1.54) is 11.8 Å². The van der Waals surface area contributed by atoms with E-state index in [2.05, 4.69) is 5.32 Å². The standard InChI is InChI=1S/C12H10ClNO2S2/c1-16-9-3-2-7(4-8(9)6-13)5-10-11(15)14-12(17)18-10/h2-5H,6H2,1H3,(H,14,15,17)/b10-5+. The number of hydrogen-bond donors (Lipinski definition) is 1. The molecule has 1 aromatic rings. The van der Waals surface area contributed by atoms with Crippen molar-refractivity contribution < 1.29 is 9.53 Å². The van der Waals surface area contributed by atoms with Crippen molar-refractivity contribution >= 4 is 51.9 Å². The van der Waals surface area contributed by atoms with E-state index >= 15 is 0 Å². The number of carbonyl (C=O) groups is 1. The van der Waals surface area contributed by atoms with E-state index in [0.29, 0.717) is 15.1 Å². The van der Waals surface area contributed by atoms with Gasteiger partial charge in [-0.3, -0.25) is 4.79 Å². The first-order valence-corrected chi connectivity index (χ1v) is 6.87. The van der Waals surface area contributed by atoms with Gasteiger partial charge in [0.15, 0.2) is 0 Å². The van der Waals surface area contributed by atoms with Gasteiger partial charge in [0.05, 0.1) is 17.9 Å². The molecule has 1 aromatic carbocycles. The normalized spacial score (nSPS) is 17.1. The van der Waals surface area contributed by atoms with Crippen molar-refractivity contribution in [1.29, 1.82) is 0 Å². The van der Waals surface area contributed by atoms with E-state index in [1.54, 1.807) is 13.2 Å². The Morgan fingerprint density at radius 3 is 2.89 bits per heavy atom. The molecule has 94 valence electrons. The minimum Gasteiger partial charge on any atom is -0.496 e. The number of alkyl halides is 1. The molecule has 1 N–H and O–H groups in total. The topological polar surface area (TPSA) is 38.3 Å². The minimum absolute atomic E-state index is 0.159. The van der Waals surface area contributed by atoms with Crippen molar-refractivity contribution in [2.24, 2.45) is 0 Å². The van der Waals surface area contributed by atoms with Crippen molar-refractivity contribution in [3.8, 4) is 5.75 Å². The van der Waals surface area contributed by atoms with Crippen LogP contribution in [-0.4, -0.2) is 17.3 Å². The summed E-state index contributed by atoms with van der Waals surface area (Å²) >= 11 is 12.0. The molecular weight excluding hydrogens is 290 g/mol. The Kier molecular flexibility index (Phi) is 4.27. The van der Waals surface area contributed by atoms with Gasteiger partial charge in [0.1, 0.15) is 10.1 Å². The predicted octanol–water partition coefficient (Wildman–Crippen LogP) is 2.92. The molecule has 6 heteroatoms. The zero-order chi connectivity index (χ0) is 13.1. The maximum absolute atomic E-state index is 11.5. The summed E-state index contributed by atoms with van der Waals surface area (Å²) in [5, 5.41) is 2.57. The van der Waals surface area contributed by atoms with Gasteiger partial charge in [-0.2, -0.15) is 0 Å². The number of halogens is 1. The molecule has 3 nitrogen and oxygen atoms in total. The molecule has 1 amide bonds. The van der Waals surface area contributed by atoms with Crippen LogP contribution < -0.4 is 10.1 Å². The molecular formula is C12H10ClNO2S2. The molecule has 1 aliphatic rings. The van der Waals surface area contributed by atoms with E-state index < -0.39 is 0 Å². The van der Waals surface area contributed by atoms with E-state index in [1.807, 2.05) is 18.2 Å². The third-order valence-electron chi connectivity index (χ3n) is 2.39. The van der Waals surface area contributed by atoms with Gasteiger partial charge in [0, 0.05) is 5.56 Å². The molecule has 0 radical (unpaired) electrons. The van der Waals surface area contributed by atoms with Crippen LogP contribution in [0.25, 0.3) is 6.08 Å². The number of thiocarbonyl (C=S) groups is 1. The Hall–Kier alpha value is -1.04. The Balaban J connectivity index is 2.32. The summed E-state index contributed by atoms with van der Waals surface area (Å²) in [4.78, 5) is 12.1. The first kappa shape index (κ1) is 13.4. The van der Waals surface area contributed by atoms with Crippen molar-refractivity contribution in [3.63, 3.8) is 0 Å². The average Bonchev–Trinajstić information content (AvgIpc) is 2.67. The quantitative estimate of drug-likeness (QED) is 0.529. The van der Waals surface area contributed by atoms with E-state index in [0.717, 1.165) is 16.9 Å². The molecule has 18 heavy (non-hydrogen) atoms. The Morgan fingerprint density at radius 2 is 2.33 bits per heavy atom. The summed E-state index contributed by atoms with van der Waals surface area (Å²) < 4.78 is 5.67. The van der Waals surface area contributed by atoms with Crippen molar-refractivity contribution in [2.45, 2.75) is 5.88 Å². The van der Waals surface area contributed by atoms with Crippen LogP contribution in [0, 0.1) is 0 Å². The van der Waals surface area contributed by atoms with Crippen LogP contribution in [0.3, 0.4) is 0 Å². The number of amides is 1. The molecule has 0 saturated carbocycles. The zero-order valence-electron chi connectivity index (χ0n) is 9.53. The maximum atomic E-state index is 11.5. The number of hydrogen-bond acceptors (Lipinski definition) is 4. The Labute approximate surface area is 120 Å². The fourth-order valence-corrected chi connectivity index (χ4v) is 2.82. The first-order valence-electron chi connectivity index (χ1n) is 5.12. The summed E-state index contributed by atoms with van der Waals surface area (Å²) in [7, 11) is 1.60. The number of benzene rings is 1. The van der Waals surface area contributed by atoms with Crippen LogP contribution in [0.2, 0.25) is 0 Å². The molecule has 0 unspecified atom stereocenters. The zero-order valence-corrected chi connectivity index (χ0v) is 11.9. The van der Waals surface area contributed by atoms with E-state index in [9.17, 15) is 4.79 Å². The van der Waals surface area contributed by atoms with Crippen LogP contribution in [0.15, 0.2) is 23.1 Å². The second-order valence-electron chi connectivity index (χ2n) is 3.56. The maximum Gasteiger partial charge on any atom is 0.263 e. The SMILES string of the molecule is COc1ccc(/C=C2/SC(=S)NC2=O)cc1CCl. The van der Waals surface area contributed by atoms with E-state index in [4.69, 9.17) is 28.6 Å². The van der Waals surface area contributed by atoms with Gasteiger partial charge in [0.2, 0.25) is 0 Å². The second-order valence-corrected chi connectivity index (χ2v) is 5.54. The van der Waals surface area contributed by atoms with Gasteiger partial charge in [-0.05, 0) is 23.8 Å². The molecule has 1 aliphatic heterocycles. The van der Waals surface area contributed by atoms with Gasteiger partial charge < -0.3 is 10.1 Å². The van der Waals surface area contributed by atoms with Crippen LogP contribution in [-0.2, 0) is 10.7 Å². The molecule has 0 bridgehead atoms. The first-order chi connectivity index (χ1) is 8.63. The lowest BCUT2D eigenvalue weighted by molar-refractivity contribution is -0.115. The number of carbonyl (C=O) groups excluding carboxylic acids is 1. The third kappa shape index (κ3) is 2.85. The highest BCUT2D eigenvalue weighted by Crippen LogP contribution is 2.28. The lowest BCUT2D eigenvalue weighted by atomic mass is 10.1. The number of methoxy groups -OCH3 is 1. The van der Waals surface area contributed by atoms with Crippen LogP contribution in [0.5, 0.6) is 5.75 Å².